The molecule has 3 aliphatic rings. The number of fused-ring (bicyclic) bond motifs is 5. The van der Waals surface area contributed by atoms with Crippen LogP contribution >= 0.6 is 0 Å². The van der Waals surface area contributed by atoms with E-state index in [0.29, 0.717) is 24.0 Å². The Bertz CT molecular complexity index is 1400. The van der Waals surface area contributed by atoms with Crippen LogP contribution in [0, 0.1) is 0 Å². The number of nitrogens with two attached hydrogens (primary N) is 1. The highest BCUT2D eigenvalue weighted by Gasteiger charge is 2.26. The molecular weight excluding hydrogens is 466 g/mol. The average molecular weight is 508 g/mol. The van der Waals surface area contributed by atoms with Crippen molar-refractivity contribution in [3.8, 4) is 11.3 Å². The molecule has 0 saturated heterocycles. The van der Waals surface area contributed by atoms with Crippen molar-refractivity contribution in [2.75, 3.05) is 6.54 Å². The molecule has 0 amide bonds. The minimum absolute atomic E-state index is 0.362. The van der Waals surface area contributed by atoms with Crippen LogP contribution in [-0.4, -0.2) is 33.0 Å². The molecule has 2 aromatic carbocycles. The Morgan fingerprint density at radius 1 is 0.921 bits per heavy atom. The smallest absolute Gasteiger partial charge is 0.0686 e. The molecular formula is C33H41N5. The highest BCUT2D eigenvalue weighted by Crippen LogP contribution is 2.41. The fraction of sp³-hybridized carbons (Fsp3) is 0.485. The second-order valence-electron chi connectivity index (χ2n) is 12.0. The van der Waals surface area contributed by atoms with Crippen molar-refractivity contribution in [3.63, 3.8) is 0 Å². The molecule has 1 atom stereocenters. The van der Waals surface area contributed by atoms with Gasteiger partial charge in [0, 0.05) is 52.9 Å². The van der Waals surface area contributed by atoms with Crippen molar-refractivity contribution in [1.82, 2.24) is 19.7 Å². The molecule has 0 spiro atoms. The Labute approximate surface area is 226 Å². The molecule has 4 bridgehead atoms. The predicted molar refractivity (Wildman–Crippen MR) is 156 cm³/mol. The van der Waals surface area contributed by atoms with Crippen LogP contribution < -0.4 is 11.1 Å². The zero-order valence-electron chi connectivity index (χ0n) is 22.5. The van der Waals surface area contributed by atoms with E-state index in [1.54, 1.807) is 0 Å². The van der Waals surface area contributed by atoms with E-state index in [-0.39, 0.29) is 0 Å². The summed E-state index contributed by atoms with van der Waals surface area (Å²) in [5.41, 5.74) is 14.3. The molecule has 0 radical (unpaired) electrons. The Morgan fingerprint density at radius 2 is 1.79 bits per heavy atom. The van der Waals surface area contributed by atoms with E-state index in [4.69, 9.17) is 10.8 Å². The first-order valence-corrected chi connectivity index (χ1v) is 15.0. The van der Waals surface area contributed by atoms with Crippen LogP contribution in [0.15, 0.2) is 60.9 Å². The van der Waals surface area contributed by atoms with Crippen LogP contribution in [0.25, 0.3) is 22.2 Å². The summed E-state index contributed by atoms with van der Waals surface area (Å²) in [6.45, 7) is 1.83. The highest BCUT2D eigenvalue weighted by molar-refractivity contribution is 5.89. The third-order valence-corrected chi connectivity index (χ3v) is 9.54. The Balaban J connectivity index is 1.32. The van der Waals surface area contributed by atoms with Gasteiger partial charge in [0.1, 0.15) is 0 Å². The summed E-state index contributed by atoms with van der Waals surface area (Å²) >= 11 is 0. The molecule has 3 heterocycles. The number of rotatable bonds is 5. The summed E-state index contributed by atoms with van der Waals surface area (Å²) in [6, 6.07) is 20.2. The lowest BCUT2D eigenvalue weighted by molar-refractivity contribution is 0.340. The van der Waals surface area contributed by atoms with E-state index in [9.17, 15) is 0 Å². The molecule has 2 aromatic heterocycles. The lowest BCUT2D eigenvalue weighted by atomic mass is 9.86. The highest BCUT2D eigenvalue weighted by atomic mass is 15.3. The monoisotopic (exact) mass is 507 g/mol. The van der Waals surface area contributed by atoms with Crippen molar-refractivity contribution in [3.05, 3.63) is 77.6 Å². The predicted octanol–water partition coefficient (Wildman–Crippen LogP) is 6.75. The van der Waals surface area contributed by atoms with Crippen molar-refractivity contribution < 1.29 is 0 Å². The van der Waals surface area contributed by atoms with Crippen LogP contribution in [0.2, 0.25) is 0 Å². The molecule has 2 fully saturated rings. The Morgan fingerprint density at radius 3 is 2.66 bits per heavy atom. The van der Waals surface area contributed by atoms with Gasteiger partial charge in [-0.05, 0) is 86.4 Å². The van der Waals surface area contributed by atoms with E-state index >= 15 is 0 Å². The Kier molecular flexibility index (Phi) is 6.58. The second kappa shape index (κ2) is 10.3. The summed E-state index contributed by atoms with van der Waals surface area (Å²) in [4.78, 5) is 0. The summed E-state index contributed by atoms with van der Waals surface area (Å²) < 4.78 is 4.80. The van der Waals surface area contributed by atoms with Gasteiger partial charge in [-0.1, -0.05) is 49.6 Å². The maximum atomic E-state index is 6.17. The van der Waals surface area contributed by atoms with Crippen LogP contribution in [0.3, 0.4) is 0 Å². The first kappa shape index (κ1) is 24.2. The lowest BCUT2D eigenvalue weighted by Crippen LogP contribution is -2.38. The maximum absolute atomic E-state index is 6.17. The van der Waals surface area contributed by atoms with Gasteiger partial charge in [-0.3, -0.25) is 4.68 Å². The SMILES string of the molecule is NC1CCC(NCCC2c3cccc(c3)Cn3nccc3-c3ccc4c(c3)c2cn4C2CCCCC2)CC1. The number of nitrogens with zero attached hydrogens (tertiary/aromatic N) is 3. The standard InChI is InChI=1S/C33H41N5/c34-26-10-12-27(13-11-26)35-17-15-29-24-6-4-5-23(19-24)21-38-32(16-18-36-38)25-9-14-33-30(20-25)31(29)22-37(33)28-7-2-1-3-8-28/h4-6,9,14,16,18-20,22,26-29,35H,1-3,7-8,10-13,15,17,21,34H2. The summed E-state index contributed by atoms with van der Waals surface area (Å²) in [5.74, 6) is 0.362. The van der Waals surface area contributed by atoms with E-state index in [0.717, 1.165) is 32.4 Å². The largest absolute Gasteiger partial charge is 0.344 e. The molecule has 5 nitrogen and oxygen atoms in total. The molecule has 5 heteroatoms. The van der Waals surface area contributed by atoms with Gasteiger partial charge in [-0.25, -0.2) is 0 Å². The van der Waals surface area contributed by atoms with E-state index in [1.807, 2.05) is 6.20 Å². The van der Waals surface area contributed by atoms with Gasteiger partial charge in [0.05, 0.1) is 12.2 Å². The van der Waals surface area contributed by atoms with Crippen LogP contribution in [0.1, 0.15) is 92.9 Å². The molecule has 7 rings (SSSR count). The fourth-order valence-corrected chi connectivity index (χ4v) is 7.42. The van der Waals surface area contributed by atoms with Crippen molar-refractivity contribution in [2.24, 2.45) is 5.73 Å². The molecule has 198 valence electrons. The summed E-state index contributed by atoms with van der Waals surface area (Å²) in [6.07, 6.45) is 16.9. The van der Waals surface area contributed by atoms with E-state index in [2.05, 4.69) is 69.3 Å². The lowest BCUT2D eigenvalue weighted by Gasteiger charge is -2.28. The van der Waals surface area contributed by atoms with E-state index in [1.165, 1.54) is 83.8 Å². The normalized spacial score (nSPS) is 23.9. The number of benzene rings is 2. The molecule has 3 N–H and O–H groups in total. The van der Waals surface area contributed by atoms with Gasteiger partial charge in [0.15, 0.2) is 0 Å². The molecule has 1 aliphatic heterocycles. The van der Waals surface area contributed by atoms with Gasteiger partial charge in [-0.2, -0.15) is 5.10 Å². The quantitative estimate of drug-likeness (QED) is 0.314. The van der Waals surface area contributed by atoms with Gasteiger partial charge in [0.2, 0.25) is 0 Å². The van der Waals surface area contributed by atoms with Crippen LogP contribution in [0.4, 0.5) is 0 Å². The summed E-state index contributed by atoms with van der Waals surface area (Å²) in [5, 5.41) is 10.0. The number of aromatic nitrogens is 3. The summed E-state index contributed by atoms with van der Waals surface area (Å²) in [7, 11) is 0. The number of nitrogens with one attached hydrogen (secondary N) is 1. The van der Waals surface area contributed by atoms with Crippen molar-refractivity contribution >= 4 is 10.9 Å². The molecule has 1 unspecified atom stereocenters. The minimum atomic E-state index is 0.362. The molecule has 38 heavy (non-hydrogen) atoms. The van der Waals surface area contributed by atoms with Gasteiger partial charge in [-0.15, -0.1) is 0 Å². The van der Waals surface area contributed by atoms with Crippen molar-refractivity contribution in [1.29, 1.82) is 0 Å². The minimum Gasteiger partial charge on any atom is -0.344 e. The number of hydrogen-bond acceptors (Lipinski definition) is 3. The van der Waals surface area contributed by atoms with Crippen molar-refractivity contribution in [2.45, 2.75) is 94.8 Å². The Hall–Kier alpha value is -2.89. The zero-order chi connectivity index (χ0) is 25.5. The van der Waals surface area contributed by atoms with Crippen LogP contribution in [-0.2, 0) is 6.54 Å². The third kappa shape index (κ3) is 4.60. The zero-order valence-corrected chi connectivity index (χ0v) is 22.5. The maximum Gasteiger partial charge on any atom is 0.0686 e. The van der Waals surface area contributed by atoms with Crippen LogP contribution in [0.5, 0.6) is 0 Å². The fourth-order valence-electron chi connectivity index (χ4n) is 7.42. The van der Waals surface area contributed by atoms with Gasteiger partial charge < -0.3 is 15.6 Å². The first-order chi connectivity index (χ1) is 18.7. The molecule has 4 aromatic rings. The molecule has 2 aliphatic carbocycles. The topological polar surface area (TPSA) is 60.8 Å². The number of hydrogen-bond donors (Lipinski definition) is 2. The third-order valence-electron chi connectivity index (χ3n) is 9.54. The average Bonchev–Trinajstić information content (AvgIpc) is 3.57. The van der Waals surface area contributed by atoms with Gasteiger partial charge in [0.25, 0.3) is 0 Å². The first-order valence-electron chi connectivity index (χ1n) is 15.0. The van der Waals surface area contributed by atoms with Gasteiger partial charge >= 0.3 is 0 Å². The molecule has 2 saturated carbocycles. The second-order valence-corrected chi connectivity index (χ2v) is 12.0. The van der Waals surface area contributed by atoms with E-state index < -0.39 is 0 Å².